The molecule has 0 fully saturated rings. The predicted molar refractivity (Wildman–Crippen MR) is 74.0 cm³/mol. The summed E-state index contributed by atoms with van der Waals surface area (Å²) in [5.74, 6) is 0.605. The van der Waals surface area contributed by atoms with E-state index in [9.17, 15) is 8.42 Å². The van der Waals surface area contributed by atoms with E-state index < -0.39 is 10.0 Å². The first kappa shape index (κ1) is 14.5. The summed E-state index contributed by atoms with van der Waals surface area (Å²) < 4.78 is 36.7. The fourth-order valence-corrected chi connectivity index (χ4v) is 2.73. The Morgan fingerprint density at radius 3 is 2.50 bits per heavy atom. The summed E-state index contributed by atoms with van der Waals surface area (Å²) >= 11 is 5.95. The monoisotopic (exact) mass is 317 g/mol. The molecule has 0 aliphatic heterocycles. The molecule has 7 nitrogen and oxygen atoms in total. The Labute approximate surface area is 120 Å². The zero-order valence-corrected chi connectivity index (χ0v) is 12.2. The van der Waals surface area contributed by atoms with Crippen molar-refractivity contribution in [3.05, 3.63) is 29.7 Å². The topological polar surface area (TPSA) is 93.3 Å². The summed E-state index contributed by atoms with van der Waals surface area (Å²) in [4.78, 5) is 6.18. The number of H-pyrrole nitrogens is 1. The zero-order chi connectivity index (χ0) is 14.8. The lowest BCUT2D eigenvalue weighted by atomic mass is 10.3. The first-order valence-corrected chi connectivity index (χ1v) is 7.26. The SMILES string of the molecule is COc1cc(NS(=O)(=O)c2cnc[nH]2)c(OC)cc1Cl. The van der Waals surface area contributed by atoms with Gasteiger partial charge in [-0.25, -0.2) is 4.98 Å². The molecule has 1 aromatic carbocycles. The van der Waals surface area contributed by atoms with Gasteiger partial charge >= 0.3 is 0 Å². The summed E-state index contributed by atoms with van der Waals surface area (Å²) in [6.45, 7) is 0. The highest BCUT2D eigenvalue weighted by atomic mass is 35.5. The van der Waals surface area contributed by atoms with E-state index in [1.165, 1.54) is 38.9 Å². The third-order valence-electron chi connectivity index (χ3n) is 2.48. The van der Waals surface area contributed by atoms with Crippen LogP contribution < -0.4 is 14.2 Å². The minimum atomic E-state index is -3.79. The van der Waals surface area contributed by atoms with E-state index in [-0.39, 0.29) is 16.5 Å². The largest absolute Gasteiger partial charge is 0.495 e. The number of nitrogens with one attached hydrogen (secondary N) is 2. The van der Waals surface area contributed by atoms with Crippen molar-refractivity contribution in [3.63, 3.8) is 0 Å². The van der Waals surface area contributed by atoms with Gasteiger partial charge in [0.05, 0.1) is 37.5 Å². The van der Waals surface area contributed by atoms with Gasteiger partial charge in [0, 0.05) is 12.1 Å². The summed E-state index contributed by atoms with van der Waals surface area (Å²) in [5.41, 5.74) is 0.211. The summed E-state index contributed by atoms with van der Waals surface area (Å²) in [6, 6.07) is 2.90. The second kappa shape index (κ2) is 5.59. The van der Waals surface area contributed by atoms with E-state index in [0.717, 1.165) is 0 Å². The minimum Gasteiger partial charge on any atom is -0.495 e. The van der Waals surface area contributed by atoms with Crippen molar-refractivity contribution in [2.45, 2.75) is 5.03 Å². The second-order valence-corrected chi connectivity index (χ2v) is 5.77. The number of ether oxygens (including phenoxy) is 2. The van der Waals surface area contributed by atoms with Gasteiger partial charge in [-0.05, 0) is 0 Å². The summed E-state index contributed by atoms with van der Waals surface area (Å²) in [7, 11) is -0.947. The number of nitrogens with zero attached hydrogens (tertiary/aromatic N) is 1. The molecular weight excluding hydrogens is 306 g/mol. The lowest BCUT2D eigenvalue weighted by Crippen LogP contribution is -2.14. The number of imidazole rings is 1. The smallest absolute Gasteiger partial charge is 0.279 e. The fourth-order valence-electron chi connectivity index (χ4n) is 1.53. The van der Waals surface area contributed by atoms with Gasteiger partial charge in [-0.1, -0.05) is 11.6 Å². The van der Waals surface area contributed by atoms with E-state index >= 15 is 0 Å². The molecule has 0 spiro atoms. The van der Waals surface area contributed by atoms with Crippen LogP contribution in [0.1, 0.15) is 0 Å². The molecule has 0 saturated carbocycles. The van der Waals surface area contributed by atoms with Crippen molar-refractivity contribution in [1.29, 1.82) is 0 Å². The average molecular weight is 318 g/mol. The third kappa shape index (κ3) is 2.81. The highest BCUT2D eigenvalue weighted by Gasteiger charge is 2.19. The van der Waals surface area contributed by atoms with Crippen LogP contribution in [0, 0.1) is 0 Å². The molecule has 0 radical (unpaired) electrons. The molecule has 0 saturated heterocycles. The number of halogens is 1. The van der Waals surface area contributed by atoms with Crippen LogP contribution in [0.25, 0.3) is 0 Å². The first-order chi connectivity index (χ1) is 9.47. The molecule has 0 unspecified atom stereocenters. The van der Waals surface area contributed by atoms with Crippen molar-refractivity contribution in [2.75, 3.05) is 18.9 Å². The standard InChI is InChI=1S/C11H12ClN3O4S/c1-18-9-4-8(10(19-2)3-7(9)12)15-20(16,17)11-5-13-6-14-11/h3-6,15H,1-2H3,(H,13,14). The van der Waals surface area contributed by atoms with E-state index in [4.69, 9.17) is 21.1 Å². The van der Waals surface area contributed by atoms with Crippen LogP contribution in [-0.2, 0) is 10.0 Å². The molecule has 0 aliphatic carbocycles. The normalized spacial score (nSPS) is 11.2. The van der Waals surface area contributed by atoms with Gasteiger partial charge in [0.1, 0.15) is 11.5 Å². The molecular formula is C11H12ClN3O4S. The first-order valence-electron chi connectivity index (χ1n) is 5.40. The van der Waals surface area contributed by atoms with E-state index in [1.807, 2.05) is 0 Å². The maximum absolute atomic E-state index is 12.1. The number of hydrogen-bond donors (Lipinski definition) is 2. The molecule has 108 valence electrons. The van der Waals surface area contributed by atoms with Gasteiger partial charge in [-0.15, -0.1) is 0 Å². The van der Waals surface area contributed by atoms with Crippen molar-refractivity contribution in [1.82, 2.24) is 9.97 Å². The van der Waals surface area contributed by atoms with Crippen molar-refractivity contribution >= 4 is 27.3 Å². The Morgan fingerprint density at radius 2 is 1.95 bits per heavy atom. The molecule has 0 amide bonds. The maximum atomic E-state index is 12.1. The van der Waals surface area contributed by atoms with Gasteiger partial charge in [-0.2, -0.15) is 8.42 Å². The quantitative estimate of drug-likeness (QED) is 0.878. The number of aromatic nitrogens is 2. The molecule has 0 bridgehead atoms. The Hall–Kier alpha value is -1.93. The van der Waals surface area contributed by atoms with Crippen LogP contribution in [0.4, 0.5) is 5.69 Å². The van der Waals surface area contributed by atoms with Crippen LogP contribution >= 0.6 is 11.6 Å². The van der Waals surface area contributed by atoms with Crippen LogP contribution in [-0.4, -0.2) is 32.6 Å². The van der Waals surface area contributed by atoms with Crippen LogP contribution in [0.3, 0.4) is 0 Å². The number of aromatic amines is 1. The lowest BCUT2D eigenvalue weighted by molar-refractivity contribution is 0.405. The number of hydrogen-bond acceptors (Lipinski definition) is 5. The molecule has 2 rings (SSSR count). The van der Waals surface area contributed by atoms with Crippen molar-refractivity contribution in [3.8, 4) is 11.5 Å². The molecule has 2 aromatic rings. The Balaban J connectivity index is 2.43. The van der Waals surface area contributed by atoms with E-state index in [2.05, 4.69) is 14.7 Å². The Bertz CT molecular complexity index is 701. The molecule has 20 heavy (non-hydrogen) atoms. The average Bonchev–Trinajstić information content (AvgIpc) is 2.94. The van der Waals surface area contributed by atoms with Gasteiger partial charge in [0.25, 0.3) is 10.0 Å². The van der Waals surface area contributed by atoms with E-state index in [0.29, 0.717) is 10.8 Å². The predicted octanol–water partition coefficient (Wildman–Crippen LogP) is 1.88. The fraction of sp³-hybridized carbons (Fsp3) is 0.182. The van der Waals surface area contributed by atoms with Crippen molar-refractivity contribution in [2.24, 2.45) is 0 Å². The molecule has 2 N–H and O–H groups in total. The lowest BCUT2D eigenvalue weighted by Gasteiger charge is -2.13. The molecule has 0 atom stereocenters. The summed E-state index contributed by atoms with van der Waals surface area (Å²) in [6.07, 6.45) is 2.47. The number of sulfonamides is 1. The van der Waals surface area contributed by atoms with Gasteiger partial charge in [0.15, 0.2) is 5.03 Å². The zero-order valence-electron chi connectivity index (χ0n) is 10.7. The molecule has 1 aromatic heterocycles. The van der Waals surface area contributed by atoms with Gasteiger partial charge in [-0.3, -0.25) is 4.72 Å². The maximum Gasteiger partial charge on any atom is 0.279 e. The van der Waals surface area contributed by atoms with E-state index in [1.54, 1.807) is 0 Å². The second-order valence-electron chi connectivity index (χ2n) is 3.71. The van der Waals surface area contributed by atoms with Gasteiger partial charge in [0.2, 0.25) is 0 Å². The number of anilines is 1. The highest BCUT2D eigenvalue weighted by molar-refractivity contribution is 7.92. The molecule has 1 heterocycles. The highest BCUT2D eigenvalue weighted by Crippen LogP contribution is 2.36. The number of benzene rings is 1. The van der Waals surface area contributed by atoms with Crippen LogP contribution in [0.5, 0.6) is 11.5 Å². The Kier molecular flexibility index (Phi) is 4.05. The molecule has 9 heteroatoms. The number of methoxy groups -OCH3 is 2. The van der Waals surface area contributed by atoms with Gasteiger partial charge < -0.3 is 14.5 Å². The van der Waals surface area contributed by atoms with Crippen molar-refractivity contribution < 1.29 is 17.9 Å². The van der Waals surface area contributed by atoms with Crippen LogP contribution in [0.15, 0.2) is 29.7 Å². The third-order valence-corrected chi connectivity index (χ3v) is 4.07. The van der Waals surface area contributed by atoms with Crippen LogP contribution in [0.2, 0.25) is 5.02 Å². The minimum absolute atomic E-state index is 0.0616. The summed E-state index contributed by atoms with van der Waals surface area (Å²) in [5, 5.41) is 0.252. The Morgan fingerprint density at radius 1 is 1.25 bits per heavy atom. The number of rotatable bonds is 5. The molecule has 0 aliphatic rings.